The Morgan fingerprint density at radius 3 is 2.89 bits per heavy atom. The number of fused-ring (bicyclic) bond motifs is 1. The molecule has 2 heterocycles. The molecule has 7 heteroatoms. The predicted molar refractivity (Wildman–Crippen MR) is 71.7 cm³/mol. The molecule has 6 nitrogen and oxygen atoms in total. The van der Waals surface area contributed by atoms with Gasteiger partial charge < -0.3 is 20.4 Å². The minimum atomic E-state index is -1.23. The topological polar surface area (TPSA) is 89.9 Å². The zero-order valence-corrected chi connectivity index (χ0v) is 11.5. The Morgan fingerprint density at radius 2 is 2.26 bits per heavy atom. The number of aliphatic hydroxyl groups is 1. The maximum Gasteiger partial charge on any atom is 0.334 e. The number of hydrogen-bond donors (Lipinski definition) is 3. The standard InChI is InChI=1S/C12H18N2O4S/c1-2-3-4-5-13-8-10(16)14-9(12(17)18)7(15)6-19-11(8)14/h6,8-9,11,13,15H,2-5H2,1H3,(H,17,18)/t8?,9?,11-/m1/s1. The second-order valence-electron chi connectivity index (χ2n) is 4.69. The number of aliphatic carboxylic acids is 1. The summed E-state index contributed by atoms with van der Waals surface area (Å²) in [5.41, 5.74) is 0. The van der Waals surface area contributed by atoms with E-state index in [1.165, 1.54) is 22.1 Å². The van der Waals surface area contributed by atoms with Gasteiger partial charge in [0.05, 0.1) is 0 Å². The second kappa shape index (κ2) is 5.83. The van der Waals surface area contributed by atoms with E-state index < -0.39 is 12.0 Å². The summed E-state index contributed by atoms with van der Waals surface area (Å²) >= 11 is 1.29. The third-order valence-electron chi connectivity index (χ3n) is 3.34. The van der Waals surface area contributed by atoms with Gasteiger partial charge in [-0.3, -0.25) is 4.79 Å². The minimum Gasteiger partial charge on any atom is -0.509 e. The molecule has 0 aromatic rings. The van der Waals surface area contributed by atoms with E-state index in [1.807, 2.05) is 0 Å². The van der Waals surface area contributed by atoms with Crippen LogP contribution in [0.1, 0.15) is 26.2 Å². The van der Waals surface area contributed by atoms with Crippen LogP contribution in [0.3, 0.4) is 0 Å². The third kappa shape index (κ3) is 2.57. The first kappa shape index (κ1) is 14.2. The molecule has 0 spiro atoms. The molecule has 0 aromatic carbocycles. The summed E-state index contributed by atoms with van der Waals surface area (Å²) in [6, 6.07) is -1.57. The quantitative estimate of drug-likeness (QED) is 0.496. The molecule has 0 bridgehead atoms. The van der Waals surface area contributed by atoms with Crippen molar-refractivity contribution >= 4 is 23.6 Å². The molecule has 0 aromatic heterocycles. The molecule has 2 rings (SSSR count). The Labute approximate surface area is 115 Å². The zero-order valence-electron chi connectivity index (χ0n) is 10.7. The van der Waals surface area contributed by atoms with Crippen molar-refractivity contribution in [3.8, 4) is 0 Å². The van der Waals surface area contributed by atoms with Crippen LogP contribution >= 0.6 is 11.8 Å². The number of β-lactam (4-membered cyclic amide) rings is 1. The van der Waals surface area contributed by atoms with Gasteiger partial charge in [0.2, 0.25) is 5.91 Å². The number of nitrogens with one attached hydrogen (secondary N) is 1. The van der Waals surface area contributed by atoms with Gasteiger partial charge in [-0.1, -0.05) is 19.8 Å². The lowest BCUT2D eigenvalue weighted by Gasteiger charge is -2.50. The van der Waals surface area contributed by atoms with Crippen molar-refractivity contribution in [1.29, 1.82) is 0 Å². The van der Waals surface area contributed by atoms with Gasteiger partial charge in [0.25, 0.3) is 0 Å². The van der Waals surface area contributed by atoms with Crippen LogP contribution in [0.25, 0.3) is 0 Å². The summed E-state index contributed by atoms with van der Waals surface area (Å²) in [4.78, 5) is 24.3. The van der Waals surface area contributed by atoms with Gasteiger partial charge in [0.1, 0.15) is 17.2 Å². The lowest BCUT2D eigenvalue weighted by Crippen LogP contribution is -2.73. The predicted octanol–water partition coefficient (Wildman–Crippen LogP) is 0.902. The molecular weight excluding hydrogens is 268 g/mol. The summed E-state index contributed by atoms with van der Waals surface area (Å²) < 4.78 is 0. The van der Waals surface area contributed by atoms with Crippen LogP contribution in [0.2, 0.25) is 0 Å². The first-order chi connectivity index (χ1) is 9.07. The van der Waals surface area contributed by atoms with E-state index >= 15 is 0 Å². The lowest BCUT2D eigenvalue weighted by molar-refractivity contribution is -0.160. The number of carbonyl (C=O) groups excluding carboxylic acids is 1. The number of carbonyl (C=O) groups is 2. The Hall–Kier alpha value is -1.21. The number of hydrogen-bond acceptors (Lipinski definition) is 5. The van der Waals surface area contributed by atoms with Crippen LogP contribution in [0.15, 0.2) is 11.2 Å². The van der Waals surface area contributed by atoms with E-state index in [4.69, 9.17) is 5.11 Å². The highest BCUT2D eigenvalue weighted by Gasteiger charge is 2.55. The molecule has 2 aliphatic heterocycles. The maximum atomic E-state index is 12.0. The van der Waals surface area contributed by atoms with E-state index in [0.717, 1.165) is 25.8 Å². The van der Waals surface area contributed by atoms with Gasteiger partial charge in [-0.2, -0.15) is 0 Å². The van der Waals surface area contributed by atoms with E-state index in [1.54, 1.807) is 0 Å². The molecule has 19 heavy (non-hydrogen) atoms. The summed E-state index contributed by atoms with van der Waals surface area (Å²) in [5, 5.41) is 23.0. The van der Waals surface area contributed by atoms with E-state index in [-0.39, 0.29) is 23.1 Å². The van der Waals surface area contributed by atoms with Gasteiger partial charge in [-0.25, -0.2) is 4.79 Å². The lowest BCUT2D eigenvalue weighted by atomic mass is 10.0. The highest BCUT2D eigenvalue weighted by Crippen LogP contribution is 2.39. The molecule has 1 fully saturated rings. The number of carboxylic acid groups (broad SMARTS) is 1. The van der Waals surface area contributed by atoms with Gasteiger partial charge in [0.15, 0.2) is 6.04 Å². The molecule has 3 N–H and O–H groups in total. The highest BCUT2D eigenvalue weighted by atomic mass is 32.2. The van der Waals surface area contributed by atoms with Crippen molar-refractivity contribution in [3.63, 3.8) is 0 Å². The molecule has 2 unspecified atom stereocenters. The van der Waals surface area contributed by atoms with Crippen LogP contribution in [0, 0.1) is 0 Å². The molecule has 0 aliphatic carbocycles. The van der Waals surface area contributed by atoms with E-state index in [2.05, 4.69) is 12.2 Å². The number of aliphatic hydroxyl groups excluding tert-OH is 1. The molecule has 0 radical (unpaired) electrons. The number of carboxylic acids is 1. The largest absolute Gasteiger partial charge is 0.509 e. The zero-order chi connectivity index (χ0) is 14.0. The fraction of sp³-hybridized carbons (Fsp3) is 0.667. The van der Waals surface area contributed by atoms with Gasteiger partial charge in [-0.15, -0.1) is 11.8 Å². The van der Waals surface area contributed by atoms with Gasteiger partial charge in [-0.05, 0) is 13.0 Å². The molecule has 0 saturated carbocycles. The number of rotatable bonds is 6. The smallest absolute Gasteiger partial charge is 0.334 e. The van der Waals surface area contributed by atoms with Crippen LogP contribution in [-0.2, 0) is 9.59 Å². The number of unbranched alkanes of at least 4 members (excludes halogenated alkanes) is 2. The Balaban J connectivity index is 1.96. The number of amides is 1. The SMILES string of the molecule is CCCCCNC1C(=O)N2C(C(=O)O)C(O)=CS[C@H]12. The summed E-state index contributed by atoms with van der Waals surface area (Å²) in [5.74, 6) is -1.72. The van der Waals surface area contributed by atoms with Crippen molar-refractivity contribution in [3.05, 3.63) is 11.2 Å². The Bertz CT molecular complexity index is 413. The van der Waals surface area contributed by atoms with Crippen molar-refractivity contribution in [1.82, 2.24) is 10.2 Å². The first-order valence-corrected chi connectivity index (χ1v) is 7.35. The van der Waals surface area contributed by atoms with Crippen LogP contribution in [0.5, 0.6) is 0 Å². The fourth-order valence-electron chi connectivity index (χ4n) is 2.32. The molecule has 2 aliphatic rings. The fourth-order valence-corrected chi connectivity index (χ4v) is 3.45. The van der Waals surface area contributed by atoms with Crippen molar-refractivity contribution in [2.75, 3.05) is 6.54 Å². The van der Waals surface area contributed by atoms with Crippen molar-refractivity contribution in [2.45, 2.75) is 43.6 Å². The number of thioether (sulfide) groups is 1. The van der Waals surface area contributed by atoms with E-state index in [9.17, 15) is 14.7 Å². The average molecular weight is 286 g/mol. The molecule has 3 atom stereocenters. The number of nitrogens with zero attached hydrogens (tertiary/aromatic N) is 1. The summed E-state index contributed by atoms with van der Waals surface area (Å²) in [6.07, 6.45) is 3.22. The van der Waals surface area contributed by atoms with Crippen molar-refractivity contribution in [2.24, 2.45) is 0 Å². The van der Waals surface area contributed by atoms with Gasteiger partial charge >= 0.3 is 5.97 Å². The monoisotopic (exact) mass is 286 g/mol. The average Bonchev–Trinajstić information content (AvgIpc) is 2.38. The molecule has 1 amide bonds. The van der Waals surface area contributed by atoms with Crippen molar-refractivity contribution < 1.29 is 19.8 Å². The first-order valence-electron chi connectivity index (χ1n) is 6.40. The van der Waals surface area contributed by atoms with Crippen LogP contribution in [-0.4, -0.2) is 51.0 Å². The maximum absolute atomic E-state index is 12.0. The van der Waals surface area contributed by atoms with E-state index in [0.29, 0.717) is 0 Å². The molecular formula is C12H18N2O4S. The molecule has 106 valence electrons. The van der Waals surface area contributed by atoms with Gasteiger partial charge in [0, 0.05) is 5.41 Å². The third-order valence-corrected chi connectivity index (χ3v) is 4.50. The van der Waals surface area contributed by atoms with Crippen LogP contribution in [0.4, 0.5) is 0 Å². The molecule has 1 saturated heterocycles. The summed E-state index contributed by atoms with van der Waals surface area (Å²) in [6.45, 7) is 2.86. The highest BCUT2D eigenvalue weighted by molar-refractivity contribution is 8.02. The normalized spacial score (nSPS) is 29.5. The Morgan fingerprint density at radius 1 is 1.53 bits per heavy atom. The second-order valence-corrected chi connectivity index (χ2v) is 5.69. The minimum absolute atomic E-state index is 0.230. The summed E-state index contributed by atoms with van der Waals surface area (Å²) in [7, 11) is 0. The Kier molecular flexibility index (Phi) is 4.36. The van der Waals surface area contributed by atoms with Crippen LogP contribution < -0.4 is 5.32 Å².